The molecule has 0 aliphatic rings. The van der Waals surface area contributed by atoms with Crippen LogP contribution in [0.25, 0.3) is 0 Å². The summed E-state index contributed by atoms with van der Waals surface area (Å²) in [5.74, 6) is -3.48. The molecule has 5 N–H and O–H groups in total. The fourth-order valence-corrected chi connectivity index (χ4v) is 0.143. The Kier molecular flexibility index (Phi) is 18.6. The highest BCUT2D eigenvalue weighted by Crippen LogP contribution is 1.70. The van der Waals surface area contributed by atoms with Gasteiger partial charge in [0.1, 0.15) is 0 Å². The van der Waals surface area contributed by atoms with Crippen LogP contribution >= 0.6 is 12.6 Å². The fraction of sp³-hybridized carbons (Fsp3) is 0.444. The summed E-state index contributed by atoms with van der Waals surface area (Å²) in [5, 5.41) is 39.3. The number of rotatable bonds is 4. The monoisotopic (exact) mass is 284 g/mol. The molecule has 1 atom stereocenters. The molecule has 0 aliphatic heterocycles. The van der Waals surface area contributed by atoms with Gasteiger partial charge in [0.25, 0.3) is 0 Å². The van der Waals surface area contributed by atoms with E-state index in [1.54, 1.807) is 0 Å². The molecule has 0 heterocycles. The number of hydrogen-bond donors (Lipinski definition) is 6. The summed E-state index contributed by atoms with van der Waals surface area (Å²) in [6, 6.07) is 0. The molecule has 106 valence electrons. The van der Waals surface area contributed by atoms with Crippen LogP contribution in [0.15, 0.2) is 12.2 Å². The number of aliphatic hydroxyl groups is 2. The predicted molar refractivity (Wildman–Crippen MR) is 64.7 cm³/mol. The van der Waals surface area contributed by atoms with Gasteiger partial charge in [-0.25, -0.2) is 9.59 Å². The van der Waals surface area contributed by atoms with Crippen LogP contribution in [0.2, 0.25) is 0 Å². The lowest BCUT2D eigenvalue weighted by Gasteiger charge is -1.90. The summed E-state index contributed by atoms with van der Waals surface area (Å²) in [6.45, 7) is 1.39. The molecule has 0 aromatic carbocycles. The van der Waals surface area contributed by atoms with Gasteiger partial charge in [-0.15, -0.1) is 0 Å². The maximum Gasteiger partial charge on any atom is 0.328 e. The third-order valence-corrected chi connectivity index (χ3v) is 1.04. The molecular formula is C9H16O8S. The molecule has 1 unspecified atom stereocenters. The Bertz CT molecular complexity index is 258. The molecule has 0 fully saturated rings. The minimum absolute atomic E-state index is 0.0833. The van der Waals surface area contributed by atoms with Crippen LogP contribution in [0, 0.1) is 0 Å². The zero-order valence-corrected chi connectivity index (χ0v) is 10.4. The number of carbonyl (C=O) groups is 3. The van der Waals surface area contributed by atoms with Gasteiger partial charge in [-0.1, -0.05) is 0 Å². The lowest BCUT2D eigenvalue weighted by molar-refractivity contribution is -0.134. The quantitative estimate of drug-likeness (QED) is 0.286. The Labute approximate surface area is 109 Å². The molecule has 18 heavy (non-hydrogen) atoms. The molecule has 0 spiro atoms. The van der Waals surface area contributed by atoms with Gasteiger partial charge in [0, 0.05) is 12.2 Å². The SMILES string of the molecule is CC(O)CO.O=C(O)C=CC(=O)O.O=C(O)CS. The van der Waals surface area contributed by atoms with E-state index in [9.17, 15) is 14.4 Å². The standard InChI is InChI=1S/C4H4O4.C3H8O2.C2H4O2S/c5-3(6)1-2-4(7)8;1-3(5)2-4;3-2(4)1-5/h1-2H,(H,5,6)(H,7,8);3-5H,2H2,1H3;5H,1H2,(H,3,4). The van der Waals surface area contributed by atoms with Crippen molar-refractivity contribution < 1.29 is 39.9 Å². The summed E-state index contributed by atoms with van der Waals surface area (Å²) in [4.78, 5) is 28.4. The fourth-order valence-electron chi connectivity index (χ4n) is 0.143. The Morgan fingerprint density at radius 3 is 1.39 bits per heavy atom. The summed E-state index contributed by atoms with van der Waals surface area (Å²) in [6.07, 6.45) is 0.556. The number of carboxylic acids is 3. The highest BCUT2D eigenvalue weighted by Gasteiger charge is 1.88. The van der Waals surface area contributed by atoms with Crippen LogP contribution in [0.1, 0.15) is 6.92 Å². The first-order valence-electron chi connectivity index (χ1n) is 4.42. The average Bonchev–Trinajstić information content (AvgIpc) is 2.27. The van der Waals surface area contributed by atoms with Crippen molar-refractivity contribution in [3.05, 3.63) is 12.2 Å². The molecule has 0 saturated carbocycles. The van der Waals surface area contributed by atoms with E-state index in [1.165, 1.54) is 6.92 Å². The molecular weight excluding hydrogens is 268 g/mol. The molecule has 0 saturated heterocycles. The van der Waals surface area contributed by atoms with Crippen molar-refractivity contribution in [2.75, 3.05) is 12.4 Å². The van der Waals surface area contributed by atoms with Crippen LogP contribution in [0.5, 0.6) is 0 Å². The Balaban J connectivity index is -0.000000197. The third-order valence-electron chi connectivity index (χ3n) is 0.768. The summed E-state index contributed by atoms with van der Waals surface area (Å²) in [5.41, 5.74) is 0. The second kappa shape index (κ2) is 15.4. The molecule has 8 nitrogen and oxygen atoms in total. The van der Waals surface area contributed by atoms with Gasteiger partial charge in [-0.3, -0.25) is 4.79 Å². The van der Waals surface area contributed by atoms with E-state index in [1.807, 2.05) is 0 Å². The van der Waals surface area contributed by atoms with Gasteiger partial charge < -0.3 is 25.5 Å². The molecule has 0 bridgehead atoms. The number of carboxylic acid groups (broad SMARTS) is 3. The maximum atomic E-state index is 9.55. The van der Waals surface area contributed by atoms with Crippen LogP contribution < -0.4 is 0 Å². The van der Waals surface area contributed by atoms with E-state index in [-0.39, 0.29) is 12.4 Å². The van der Waals surface area contributed by atoms with Gasteiger partial charge in [0.15, 0.2) is 0 Å². The van der Waals surface area contributed by atoms with Crippen LogP contribution in [0.3, 0.4) is 0 Å². The first-order valence-corrected chi connectivity index (χ1v) is 5.06. The zero-order chi connectivity index (χ0) is 15.1. The van der Waals surface area contributed by atoms with Crippen molar-refractivity contribution in [2.24, 2.45) is 0 Å². The highest BCUT2D eigenvalue weighted by atomic mass is 32.1. The first-order chi connectivity index (χ1) is 8.17. The molecule has 0 aromatic rings. The maximum absolute atomic E-state index is 9.55. The van der Waals surface area contributed by atoms with Crippen molar-refractivity contribution in [1.29, 1.82) is 0 Å². The van der Waals surface area contributed by atoms with E-state index < -0.39 is 24.0 Å². The molecule has 9 heteroatoms. The Morgan fingerprint density at radius 1 is 1.11 bits per heavy atom. The highest BCUT2D eigenvalue weighted by molar-refractivity contribution is 7.81. The van der Waals surface area contributed by atoms with Crippen LogP contribution in [0.4, 0.5) is 0 Å². The van der Waals surface area contributed by atoms with Crippen molar-refractivity contribution in [3.63, 3.8) is 0 Å². The number of aliphatic carboxylic acids is 3. The van der Waals surface area contributed by atoms with Crippen molar-refractivity contribution in [3.8, 4) is 0 Å². The molecule has 0 radical (unpaired) electrons. The van der Waals surface area contributed by atoms with Crippen molar-refractivity contribution in [2.45, 2.75) is 13.0 Å². The second-order valence-corrected chi connectivity index (χ2v) is 2.91. The largest absolute Gasteiger partial charge is 0.481 e. The Hall–Kier alpha value is -1.58. The smallest absolute Gasteiger partial charge is 0.328 e. The predicted octanol–water partition coefficient (Wildman–Crippen LogP) is -0.928. The van der Waals surface area contributed by atoms with Gasteiger partial charge in [-0.05, 0) is 6.92 Å². The van der Waals surface area contributed by atoms with E-state index in [2.05, 4.69) is 12.6 Å². The van der Waals surface area contributed by atoms with Gasteiger partial charge >= 0.3 is 17.9 Å². The molecule has 0 amide bonds. The lowest BCUT2D eigenvalue weighted by Crippen LogP contribution is -2.03. The van der Waals surface area contributed by atoms with E-state index in [0.29, 0.717) is 12.2 Å². The van der Waals surface area contributed by atoms with Crippen LogP contribution in [-0.2, 0) is 14.4 Å². The van der Waals surface area contributed by atoms with E-state index >= 15 is 0 Å². The van der Waals surface area contributed by atoms with Gasteiger partial charge in [0.05, 0.1) is 18.5 Å². The number of aliphatic hydroxyl groups excluding tert-OH is 2. The normalized spacial score (nSPS) is 10.4. The summed E-state index contributed by atoms with van der Waals surface area (Å²) < 4.78 is 0. The van der Waals surface area contributed by atoms with Crippen molar-refractivity contribution in [1.82, 2.24) is 0 Å². The lowest BCUT2D eigenvalue weighted by atomic mass is 10.5. The van der Waals surface area contributed by atoms with Crippen LogP contribution in [-0.4, -0.2) is 61.9 Å². The summed E-state index contributed by atoms with van der Waals surface area (Å²) in [7, 11) is 0. The summed E-state index contributed by atoms with van der Waals surface area (Å²) >= 11 is 3.42. The first kappa shape index (κ1) is 21.7. The van der Waals surface area contributed by atoms with E-state index in [0.717, 1.165) is 0 Å². The minimum Gasteiger partial charge on any atom is -0.481 e. The Morgan fingerprint density at radius 2 is 1.33 bits per heavy atom. The number of hydrogen-bond acceptors (Lipinski definition) is 6. The number of thiol groups is 1. The topological polar surface area (TPSA) is 152 Å². The molecule has 0 aliphatic carbocycles. The van der Waals surface area contributed by atoms with Crippen molar-refractivity contribution >= 4 is 30.5 Å². The molecule has 0 rings (SSSR count). The minimum atomic E-state index is -1.26. The molecule has 0 aromatic heterocycles. The van der Waals surface area contributed by atoms with E-state index in [4.69, 9.17) is 25.5 Å². The third kappa shape index (κ3) is 47.2. The average molecular weight is 284 g/mol. The second-order valence-electron chi connectivity index (χ2n) is 2.59. The zero-order valence-electron chi connectivity index (χ0n) is 9.55. The van der Waals surface area contributed by atoms with Gasteiger partial charge in [0.2, 0.25) is 0 Å². The van der Waals surface area contributed by atoms with Gasteiger partial charge in [-0.2, -0.15) is 12.6 Å².